The van der Waals surface area contributed by atoms with Crippen LogP contribution < -0.4 is 5.32 Å². The molecule has 1 aromatic heterocycles. The topological polar surface area (TPSA) is 58.1 Å². The molecule has 1 saturated heterocycles. The standard InChI is InChI=1S/C22H23FN4OS/c1-15-11-13-27(14-12-15)19(16-7-3-2-4-8-16)20(28)24-22-26-25-21(29-22)17-9-5-6-10-18(17)23/h2-10,15,19H,11-14H2,1H3,(H,24,26,28)/t19-/m1/s1. The Morgan fingerprint density at radius 3 is 2.52 bits per heavy atom. The number of carbonyl (C=O) groups is 1. The van der Waals surface area contributed by atoms with Gasteiger partial charge in [0, 0.05) is 5.56 Å². The highest BCUT2D eigenvalue weighted by Crippen LogP contribution is 2.31. The maximum Gasteiger partial charge on any atom is 0.248 e. The molecule has 1 fully saturated rings. The van der Waals surface area contributed by atoms with Crippen molar-refractivity contribution in [2.75, 3.05) is 18.4 Å². The number of halogens is 1. The Labute approximate surface area is 173 Å². The fourth-order valence-electron chi connectivity index (χ4n) is 3.64. The van der Waals surface area contributed by atoms with Crippen molar-refractivity contribution in [1.29, 1.82) is 0 Å². The first-order valence-corrected chi connectivity index (χ1v) is 10.6. The number of carbonyl (C=O) groups excluding carboxylic acids is 1. The normalized spacial score (nSPS) is 16.5. The zero-order valence-electron chi connectivity index (χ0n) is 16.2. The molecule has 0 radical (unpaired) electrons. The molecule has 1 aliphatic heterocycles. The van der Waals surface area contributed by atoms with Crippen LogP contribution in [0.4, 0.5) is 9.52 Å². The number of hydrogen-bond acceptors (Lipinski definition) is 5. The summed E-state index contributed by atoms with van der Waals surface area (Å²) in [6, 6.07) is 15.8. The predicted molar refractivity (Wildman–Crippen MR) is 113 cm³/mol. The van der Waals surface area contributed by atoms with Crippen LogP contribution in [0.1, 0.15) is 31.4 Å². The lowest BCUT2D eigenvalue weighted by molar-refractivity contribution is -0.122. The minimum Gasteiger partial charge on any atom is -0.299 e. The maximum absolute atomic E-state index is 14.0. The Bertz CT molecular complexity index is 970. The molecule has 4 rings (SSSR count). The van der Waals surface area contributed by atoms with Crippen molar-refractivity contribution >= 4 is 22.4 Å². The Kier molecular flexibility index (Phi) is 5.97. The number of nitrogens with one attached hydrogen (secondary N) is 1. The number of amides is 1. The molecule has 0 spiro atoms. The molecule has 1 aliphatic rings. The van der Waals surface area contributed by atoms with Crippen molar-refractivity contribution in [2.24, 2.45) is 5.92 Å². The lowest BCUT2D eigenvalue weighted by atomic mass is 9.95. The van der Waals surface area contributed by atoms with E-state index in [1.807, 2.05) is 30.3 Å². The van der Waals surface area contributed by atoms with E-state index in [9.17, 15) is 9.18 Å². The van der Waals surface area contributed by atoms with Gasteiger partial charge in [-0.15, -0.1) is 10.2 Å². The number of piperidine rings is 1. The van der Waals surface area contributed by atoms with Crippen LogP contribution in [0, 0.1) is 11.7 Å². The number of anilines is 1. The van der Waals surface area contributed by atoms with Crippen LogP contribution in [0.15, 0.2) is 54.6 Å². The molecule has 0 saturated carbocycles. The number of benzene rings is 2. The van der Waals surface area contributed by atoms with E-state index in [0.717, 1.165) is 31.5 Å². The lowest BCUT2D eigenvalue weighted by Crippen LogP contribution is -2.41. The van der Waals surface area contributed by atoms with Gasteiger partial charge in [0.15, 0.2) is 5.01 Å². The van der Waals surface area contributed by atoms with Gasteiger partial charge in [-0.05, 0) is 49.5 Å². The van der Waals surface area contributed by atoms with Crippen LogP contribution in [-0.4, -0.2) is 34.1 Å². The molecular formula is C22H23FN4OS. The Hall–Kier alpha value is -2.64. The summed E-state index contributed by atoms with van der Waals surface area (Å²) in [6.07, 6.45) is 2.15. The third-order valence-corrected chi connectivity index (χ3v) is 6.18. The molecule has 150 valence electrons. The van der Waals surface area contributed by atoms with E-state index >= 15 is 0 Å². The van der Waals surface area contributed by atoms with Crippen LogP contribution in [0.2, 0.25) is 0 Å². The second-order valence-electron chi connectivity index (χ2n) is 7.41. The molecule has 5 nitrogen and oxygen atoms in total. The summed E-state index contributed by atoms with van der Waals surface area (Å²) in [4.78, 5) is 15.4. The van der Waals surface area contributed by atoms with E-state index in [4.69, 9.17) is 0 Å². The summed E-state index contributed by atoms with van der Waals surface area (Å²) < 4.78 is 14.0. The number of hydrogen-bond donors (Lipinski definition) is 1. The molecule has 0 aliphatic carbocycles. The average Bonchev–Trinajstić information content (AvgIpc) is 3.19. The fourth-order valence-corrected chi connectivity index (χ4v) is 4.41. The SMILES string of the molecule is CC1CCN([C@@H](C(=O)Nc2nnc(-c3ccccc3F)s2)c2ccccc2)CC1. The second-order valence-corrected chi connectivity index (χ2v) is 8.39. The third-order valence-electron chi connectivity index (χ3n) is 5.31. The Morgan fingerprint density at radius 1 is 1.10 bits per heavy atom. The molecule has 2 aromatic carbocycles. The van der Waals surface area contributed by atoms with Gasteiger partial charge >= 0.3 is 0 Å². The van der Waals surface area contributed by atoms with E-state index in [-0.39, 0.29) is 17.8 Å². The first kappa shape index (κ1) is 19.7. The molecule has 3 aromatic rings. The zero-order chi connectivity index (χ0) is 20.2. The second kappa shape index (κ2) is 8.80. The van der Waals surface area contributed by atoms with E-state index in [1.165, 1.54) is 17.4 Å². The van der Waals surface area contributed by atoms with Crippen molar-refractivity contribution in [1.82, 2.24) is 15.1 Å². The molecule has 1 amide bonds. The summed E-state index contributed by atoms with van der Waals surface area (Å²) in [6.45, 7) is 4.01. The van der Waals surface area contributed by atoms with Crippen LogP contribution in [0.5, 0.6) is 0 Å². The highest BCUT2D eigenvalue weighted by Gasteiger charge is 2.30. The van der Waals surface area contributed by atoms with Gasteiger partial charge in [-0.2, -0.15) is 0 Å². The van der Waals surface area contributed by atoms with Crippen LogP contribution >= 0.6 is 11.3 Å². The smallest absolute Gasteiger partial charge is 0.248 e. The first-order valence-electron chi connectivity index (χ1n) is 9.80. The highest BCUT2D eigenvalue weighted by atomic mass is 32.1. The third kappa shape index (κ3) is 4.52. The van der Waals surface area contributed by atoms with Crippen molar-refractivity contribution in [3.05, 3.63) is 66.0 Å². The number of nitrogens with zero attached hydrogens (tertiary/aromatic N) is 3. The molecule has 7 heteroatoms. The minimum atomic E-state index is -0.385. The first-order chi connectivity index (χ1) is 14.1. The van der Waals surface area contributed by atoms with E-state index in [2.05, 4.69) is 27.3 Å². The van der Waals surface area contributed by atoms with Crippen molar-refractivity contribution < 1.29 is 9.18 Å². The Balaban J connectivity index is 1.55. The number of likely N-dealkylation sites (tertiary alicyclic amines) is 1. The van der Waals surface area contributed by atoms with Crippen molar-refractivity contribution in [2.45, 2.75) is 25.8 Å². The predicted octanol–water partition coefficient (Wildman–Crippen LogP) is 4.76. The summed E-state index contributed by atoms with van der Waals surface area (Å²) in [5, 5.41) is 11.8. The van der Waals surface area contributed by atoms with Crippen molar-refractivity contribution in [3.8, 4) is 10.6 Å². The molecule has 2 heterocycles. The molecule has 1 atom stereocenters. The highest BCUT2D eigenvalue weighted by molar-refractivity contribution is 7.18. The van der Waals surface area contributed by atoms with Crippen LogP contribution in [0.25, 0.3) is 10.6 Å². The number of rotatable bonds is 5. The summed E-state index contributed by atoms with van der Waals surface area (Å²) in [5.41, 5.74) is 1.34. The van der Waals surface area contributed by atoms with Gasteiger partial charge in [0.25, 0.3) is 0 Å². The molecular weight excluding hydrogens is 387 g/mol. The lowest BCUT2D eigenvalue weighted by Gasteiger charge is -2.35. The fraction of sp³-hybridized carbons (Fsp3) is 0.318. The minimum absolute atomic E-state index is 0.137. The van der Waals surface area contributed by atoms with Crippen molar-refractivity contribution in [3.63, 3.8) is 0 Å². The zero-order valence-corrected chi connectivity index (χ0v) is 17.0. The van der Waals surface area contributed by atoms with Crippen LogP contribution in [0.3, 0.4) is 0 Å². The van der Waals surface area contributed by atoms with Crippen LogP contribution in [-0.2, 0) is 4.79 Å². The molecule has 1 N–H and O–H groups in total. The average molecular weight is 411 g/mol. The van der Waals surface area contributed by atoms with Gasteiger partial charge in [0.2, 0.25) is 11.0 Å². The van der Waals surface area contributed by atoms with E-state index in [0.29, 0.717) is 21.6 Å². The molecule has 29 heavy (non-hydrogen) atoms. The molecule has 0 unspecified atom stereocenters. The summed E-state index contributed by atoms with van der Waals surface area (Å²) >= 11 is 1.18. The van der Waals surface area contributed by atoms with Gasteiger partial charge in [0.05, 0.1) is 0 Å². The van der Waals surface area contributed by atoms with Gasteiger partial charge < -0.3 is 0 Å². The number of aromatic nitrogens is 2. The van der Waals surface area contributed by atoms with Gasteiger partial charge in [-0.25, -0.2) is 4.39 Å². The van der Waals surface area contributed by atoms with E-state index < -0.39 is 0 Å². The molecule has 0 bridgehead atoms. The monoisotopic (exact) mass is 410 g/mol. The van der Waals surface area contributed by atoms with Gasteiger partial charge in [-0.1, -0.05) is 60.7 Å². The van der Waals surface area contributed by atoms with Gasteiger partial charge in [-0.3, -0.25) is 15.0 Å². The van der Waals surface area contributed by atoms with Gasteiger partial charge in [0.1, 0.15) is 11.9 Å². The summed E-state index contributed by atoms with van der Waals surface area (Å²) in [7, 11) is 0. The summed E-state index contributed by atoms with van der Waals surface area (Å²) in [5.74, 6) is 0.185. The largest absolute Gasteiger partial charge is 0.299 e. The Morgan fingerprint density at radius 2 is 1.79 bits per heavy atom. The quantitative estimate of drug-likeness (QED) is 0.659. The van der Waals surface area contributed by atoms with E-state index in [1.54, 1.807) is 18.2 Å². The maximum atomic E-state index is 14.0.